The van der Waals surface area contributed by atoms with Gasteiger partial charge in [-0.05, 0) is 54.7 Å². The van der Waals surface area contributed by atoms with E-state index in [1.807, 2.05) is 18.2 Å². The SMILES string of the molecule is CN(Cc1ccccc1N1CCCC1)S(=O)(=O)c1ccc2c(c1)CCC(=O)N2. The second-order valence-electron chi connectivity index (χ2n) is 7.45. The largest absolute Gasteiger partial charge is 0.371 e. The minimum atomic E-state index is -3.62. The zero-order valence-electron chi connectivity index (χ0n) is 16.0. The van der Waals surface area contributed by atoms with E-state index < -0.39 is 10.0 Å². The number of anilines is 2. The van der Waals surface area contributed by atoms with Crippen molar-refractivity contribution >= 4 is 27.3 Å². The van der Waals surface area contributed by atoms with Gasteiger partial charge in [0.2, 0.25) is 15.9 Å². The van der Waals surface area contributed by atoms with Gasteiger partial charge in [-0.3, -0.25) is 4.79 Å². The molecule has 2 aliphatic rings. The summed E-state index contributed by atoms with van der Waals surface area (Å²) in [5.41, 5.74) is 3.71. The second kappa shape index (κ2) is 7.56. The first-order valence-electron chi connectivity index (χ1n) is 9.67. The molecule has 0 saturated carbocycles. The molecule has 28 heavy (non-hydrogen) atoms. The van der Waals surface area contributed by atoms with Gasteiger partial charge in [0, 0.05) is 44.5 Å². The lowest BCUT2D eigenvalue weighted by molar-refractivity contribution is -0.116. The van der Waals surface area contributed by atoms with Crippen molar-refractivity contribution in [3.63, 3.8) is 0 Å². The van der Waals surface area contributed by atoms with E-state index >= 15 is 0 Å². The number of aryl methyl sites for hydroxylation is 1. The number of sulfonamides is 1. The van der Waals surface area contributed by atoms with Crippen LogP contribution in [0.3, 0.4) is 0 Å². The van der Waals surface area contributed by atoms with Crippen molar-refractivity contribution in [1.82, 2.24) is 4.31 Å². The maximum absolute atomic E-state index is 13.1. The predicted molar refractivity (Wildman–Crippen MR) is 110 cm³/mol. The summed E-state index contributed by atoms with van der Waals surface area (Å²) in [6, 6.07) is 13.0. The van der Waals surface area contributed by atoms with Gasteiger partial charge >= 0.3 is 0 Å². The fourth-order valence-electron chi connectivity index (χ4n) is 3.94. The number of hydrogen-bond donors (Lipinski definition) is 1. The molecule has 0 atom stereocenters. The summed E-state index contributed by atoms with van der Waals surface area (Å²) in [6.45, 7) is 2.36. The number of nitrogens with zero attached hydrogens (tertiary/aromatic N) is 2. The lowest BCUT2D eigenvalue weighted by atomic mass is 10.0. The van der Waals surface area contributed by atoms with Crippen LogP contribution >= 0.6 is 0 Å². The van der Waals surface area contributed by atoms with Crippen molar-refractivity contribution in [2.75, 3.05) is 30.4 Å². The molecule has 7 heteroatoms. The fraction of sp³-hybridized carbons (Fsp3) is 0.381. The Kier molecular flexibility index (Phi) is 5.12. The number of rotatable bonds is 5. The van der Waals surface area contributed by atoms with E-state index in [1.165, 1.54) is 17.1 Å². The Bertz CT molecular complexity index is 998. The van der Waals surface area contributed by atoms with Crippen molar-refractivity contribution < 1.29 is 13.2 Å². The number of amides is 1. The standard InChI is InChI=1S/C21H25N3O3S/c1-23(15-17-6-2-3-7-20(17)24-12-4-5-13-24)28(26,27)18-9-10-19-16(14-18)8-11-21(25)22-19/h2-3,6-7,9-10,14H,4-5,8,11-13,15H2,1H3,(H,22,25). The van der Waals surface area contributed by atoms with E-state index in [-0.39, 0.29) is 10.8 Å². The van der Waals surface area contributed by atoms with Crippen LogP contribution in [0.2, 0.25) is 0 Å². The number of carbonyl (C=O) groups is 1. The molecule has 0 unspecified atom stereocenters. The first kappa shape index (κ1) is 19.0. The third-order valence-electron chi connectivity index (χ3n) is 5.51. The van der Waals surface area contributed by atoms with Crippen molar-refractivity contribution in [3.8, 4) is 0 Å². The summed E-state index contributed by atoms with van der Waals surface area (Å²) in [7, 11) is -2.00. The van der Waals surface area contributed by atoms with Crippen molar-refractivity contribution in [2.24, 2.45) is 0 Å². The van der Waals surface area contributed by atoms with Crippen LogP contribution in [0.5, 0.6) is 0 Å². The van der Waals surface area contributed by atoms with Gasteiger partial charge in [-0.1, -0.05) is 18.2 Å². The van der Waals surface area contributed by atoms with Crippen molar-refractivity contribution in [1.29, 1.82) is 0 Å². The number of fused-ring (bicyclic) bond motifs is 1. The van der Waals surface area contributed by atoms with Gasteiger partial charge < -0.3 is 10.2 Å². The van der Waals surface area contributed by atoms with Gasteiger partial charge in [0.15, 0.2) is 0 Å². The molecule has 0 spiro atoms. The molecule has 1 fully saturated rings. The second-order valence-corrected chi connectivity index (χ2v) is 9.50. The predicted octanol–water partition coefficient (Wildman–Crippen LogP) is 2.99. The van der Waals surface area contributed by atoms with E-state index in [2.05, 4.69) is 16.3 Å². The van der Waals surface area contributed by atoms with Gasteiger partial charge in [0.05, 0.1) is 4.90 Å². The molecular formula is C21H25N3O3S. The molecule has 0 aromatic heterocycles. The minimum Gasteiger partial charge on any atom is -0.371 e. The Hall–Kier alpha value is -2.38. The summed E-state index contributed by atoms with van der Waals surface area (Å²) in [5.74, 6) is -0.0289. The molecule has 148 valence electrons. The summed E-state index contributed by atoms with van der Waals surface area (Å²) in [5, 5.41) is 2.79. The Balaban J connectivity index is 1.58. The Morgan fingerprint density at radius 3 is 2.61 bits per heavy atom. The lowest BCUT2D eigenvalue weighted by Gasteiger charge is -2.25. The highest BCUT2D eigenvalue weighted by atomic mass is 32.2. The topological polar surface area (TPSA) is 69.7 Å². The van der Waals surface area contributed by atoms with E-state index in [0.717, 1.165) is 29.9 Å². The number of carbonyl (C=O) groups excluding carboxylic acids is 1. The first-order chi connectivity index (χ1) is 13.4. The van der Waals surface area contributed by atoms with Gasteiger partial charge in [0.1, 0.15) is 0 Å². The molecule has 2 heterocycles. The van der Waals surface area contributed by atoms with Gasteiger partial charge in [0.25, 0.3) is 0 Å². The monoisotopic (exact) mass is 399 g/mol. The molecule has 2 aliphatic heterocycles. The van der Waals surface area contributed by atoms with Crippen LogP contribution in [0, 0.1) is 0 Å². The van der Waals surface area contributed by atoms with Gasteiger partial charge in [-0.15, -0.1) is 0 Å². The number of nitrogens with one attached hydrogen (secondary N) is 1. The highest BCUT2D eigenvalue weighted by Crippen LogP contribution is 2.29. The van der Waals surface area contributed by atoms with Crippen LogP contribution < -0.4 is 10.2 Å². The number of benzene rings is 2. The zero-order chi connectivity index (χ0) is 19.7. The van der Waals surface area contributed by atoms with Crippen LogP contribution in [0.25, 0.3) is 0 Å². The highest BCUT2D eigenvalue weighted by Gasteiger charge is 2.25. The Morgan fingerprint density at radius 1 is 1.07 bits per heavy atom. The summed E-state index contributed by atoms with van der Waals surface area (Å²) < 4.78 is 27.7. The van der Waals surface area contributed by atoms with Crippen molar-refractivity contribution in [2.45, 2.75) is 37.1 Å². The summed E-state index contributed by atoms with van der Waals surface area (Å²) in [4.78, 5) is 14.1. The minimum absolute atomic E-state index is 0.0289. The van der Waals surface area contributed by atoms with Crippen LogP contribution in [0.4, 0.5) is 11.4 Å². The molecule has 1 saturated heterocycles. The molecule has 6 nitrogen and oxygen atoms in total. The Labute approximate surface area is 166 Å². The molecule has 1 N–H and O–H groups in total. The van der Waals surface area contributed by atoms with E-state index in [1.54, 1.807) is 25.2 Å². The average Bonchev–Trinajstić information content (AvgIpc) is 3.22. The zero-order valence-corrected chi connectivity index (χ0v) is 16.8. The number of para-hydroxylation sites is 1. The molecule has 2 aromatic rings. The van der Waals surface area contributed by atoms with Crippen LogP contribution in [0.15, 0.2) is 47.4 Å². The molecule has 2 aromatic carbocycles. The maximum Gasteiger partial charge on any atom is 0.243 e. The summed E-state index contributed by atoms with van der Waals surface area (Å²) >= 11 is 0. The van der Waals surface area contributed by atoms with E-state index in [4.69, 9.17) is 0 Å². The van der Waals surface area contributed by atoms with Gasteiger partial charge in [-0.25, -0.2) is 8.42 Å². The molecule has 0 aliphatic carbocycles. The van der Waals surface area contributed by atoms with E-state index in [0.29, 0.717) is 25.1 Å². The molecule has 4 rings (SSSR count). The average molecular weight is 400 g/mol. The lowest BCUT2D eigenvalue weighted by Crippen LogP contribution is -2.28. The third-order valence-corrected chi connectivity index (χ3v) is 7.31. The molecule has 0 radical (unpaired) electrons. The molecule has 0 bridgehead atoms. The van der Waals surface area contributed by atoms with Crippen LogP contribution in [-0.2, 0) is 27.8 Å². The highest BCUT2D eigenvalue weighted by molar-refractivity contribution is 7.89. The van der Waals surface area contributed by atoms with Crippen LogP contribution in [-0.4, -0.2) is 38.8 Å². The Morgan fingerprint density at radius 2 is 1.82 bits per heavy atom. The van der Waals surface area contributed by atoms with Crippen molar-refractivity contribution in [3.05, 3.63) is 53.6 Å². The van der Waals surface area contributed by atoms with E-state index in [9.17, 15) is 13.2 Å². The smallest absolute Gasteiger partial charge is 0.243 e. The van der Waals surface area contributed by atoms with Gasteiger partial charge in [-0.2, -0.15) is 4.31 Å². The molecule has 1 amide bonds. The summed E-state index contributed by atoms with van der Waals surface area (Å²) in [6.07, 6.45) is 3.30. The molecular weight excluding hydrogens is 374 g/mol. The normalized spacial score (nSPS) is 16.9. The first-order valence-corrected chi connectivity index (χ1v) is 11.1. The quantitative estimate of drug-likeness (QED) is 0.839. The van der Waals surface area contributed by atoms with Crippen LogP contribution in [0.1, 0.15) is 30.4 Å². The fourth-order valence-corrected chi connectivity index (χ4v) is 5.14. The maximum atomic E-state index is 13.1. The number of hydrogen-bond acceptors (Lipinski definition) is 4. The third kappa shape index (κ3) is 3.64.